The predicted molar refractivity (Wildman–Crippen MR) is 116 cm³/mol. The minimum atomic E-state index is -4.84. The Balaban J connectivity index is 1.74. The van der Waals surface area contributed by atoms with E-state index in [1.165, 1.54) is 17.3 Å². The third-order valence-corrected chi connectivity index (χ3v) is 6.51. The topological polar surface area (TPSA) is 90.0 Å². The number of nitrogens with zero attached hydrogens (tertiary/aromatic N) is 2. The number of rotatable bonds is 6. The summed E-state index contributed by atoms with van der Waals surface area (Å²) < 4.78 is 91.3. The Morgan fingerprint density at radius 2 is 1.78 bits per heavy atom. The van der Waals surface area contributed by atoms with E-state index in [1.807, 2.05) is 0 Å². The highest BCUT2D eigenvalue weighted by Gasteiger charge is 2.38. The Hall–Kier alpha value is -2.81. The lowest BCUT2D eigenvalue weighted by Gasteiger charge is -2.41. The summed E-state index contributed by atoms with van der Waals surface area (Å²) in [7, 11) is 1.35. The lowest BCUT2D eigenvalue weighted by molar-refractivity contribution is -0.326. The molecular weight excluding hydrogens is 520 g/mol. The summed E-state index contributed by atoms with van der Waals surface area (Å²) in [5, 5.41) is 3.66. The molecule has 3 heterocycles. The maximum absolute atomic E-state index is 13.7. The summed E-state index contributed by atoms with van der Waals surface area (Å²) in [5.74, 6) is -0.906. The van der Waals surface area contributed by atoms with Crippen LogP contribution in [0.1, 0.15) is 42.6 Å². The highest BCUT2D eigenvalue weighted by molar-refractivity contribution is 7.17. The summed E-state index contributed by atoms with van der Waals surface area (Å²) in [6.07, 6.45) is -10.6. The first-order valence-electron chi connectivity index (χ1n) is 10.7. The standard InChI is InChI=1S/C21H23F6N3O5S/c1-10-6-12(7-11(2)30(10)19(32)33-4-5-34-21(25,26)27)35-15-8-14(20(22,23)24)17-16(29-15)13(9-36-17)18(31)28-3/h8-12H,4-7H2,1-3H3,(H,28,31). The molecule has 8 nitrogen and oxygen atoms in total. The van der Waals surface area contributed by atoms with Crippen molar-refractivity contribution < 1.29 is 50.1 Å². The number of carbonyl (C=O) groups excluding carboxylic acids is 2. The predicted octanol–water partition coefficient (Wildman–Crippen LogP) is 4.97. The number of pyridine rings is 1. The van der Waals surface area contributed by atoms with Gasteiger partial charge in [0, 0.05) is 43.4 Å². The van der Waals surface area contributed by atoms with Crippen LogP contribution in [0.4, 0.5) is 31.1 Å². The van der Waals surface area contributed by atoms with Crippen LogP contribution >= 0.6 is 11.3 Å². The molecule has 3 rings (SSSR count). The van der Waals surface area contributed by atoms with Crippen molar-refractivity contribution in [1.29, 1.82) is 0 Å². The number of aromatic nitrogens is 1. The van der Waals surface area contributed by atoms with Crippen molar-refractivity contribution in [2.45, 2.75) is 57.4 Å². The van der Waals surface area contributed by atoms with Gasteiger partial charge in [0.15, 0.2) is 0 Å². The molecule has 1 fully saturated rings. The minimum Gasteiger partial charge on any atom is -0.474 e. The molecular formula is C21H23F6N3O5S. The number of alkyl halides is 6. The molecule has 0 bridgehead atoms. The first-order chi connectivity index (χ1) is 16.7. The SMILES string of the molecule is CNC(=O)c1csc2c(C(F)(F)F)cc(OC3CC(C)N(C(=O)OCCOC(F)(F)F)C(C)C3)nc12. The number of hydrogen-bond acceptors (Lipinski definition) is 7. The molecule has 0 aliphatic carbocycles. The van der Waals surface area contributed by atoms with Crippen LogP contribution in [-0.4, -0.2) is 66.7 Å². The van der Waals surface area contributed by atoms with E-state index >= 15 is 0 Å². The number of hydrogen-bond donors (Lipinski definition) is 1. The zero-order valence-electron chi connectivity index (χ0n) is 19.3. The summed E-state index contributed by atoms with van der Waals surface area (Å²) >= 11 is 0.751. The van der Waals surface area contributed by atoms with Gasteiger partial charge in [0.2, 0.25) is 5.88 Å². The van der Waals surface area contributed by atoms with Gasteiger partial charge >= 0.3 is 18.6 Å². The van der Waals surface area contributed by atoms with E-state index < -0.39 is 61.5 Å². The number of thiophene rings is 1. The molecule has 2 aromatic rings. The molecule has 2 amide bonds. The number of amides is 2. The van der Waals surface area contributed by atoms with E-state index in [0.29, 0.717) is 0 Å². The molecule has 1 aliphatic heterocycles. The van der Waals surface area contributed by atoms with Crippen molar-refractivity contribution in [3.63, 3.8) is 0 Å². The van der Waals surface area contributed by atoms with Crippen molar-refractivity contribution in [3.05, 3.63) is 22.6 Å². The van der Waals surface area contributed by atoms with E-state index in [4.69, 9.17) is 9.47 Å². The maximum Gasteiger partial charge on any atom is 0.522 e. The molecule has 0 radical (unpaired) electrons. The number of ether oxygens (including phenoxy) is 3. The first-order valence-corrected chi connectivity index (χ1v) is 11.6. The second-order valence-corrected chi connectivity index (χ2v) is 9.02. The lowest BCUT2D eigenvalue weighted by atomic mass is 9.95. The van der Waals surface area contributed by atoms with Crippen molar-refractivity contribution in [2.24, 2.45) is 0 Å². The van der Waals surface area contributed by atoms with Gasteiger partial charge < -0.3 is 19.7 Å². The second-order valence-electron chi connectivity index (χ2n) is 8.14. The Labute approximate surface area is 205 Å². The average molecular weight is 543 g/mol. The highest BCUT2D eigenvalue weighted by Crippen LogP contribution is 2.40. The third kappa shape index (κ3) is 6.49. The molecule has 1 saturated heterocycles. The monoisotopic (exact) mass is 543 g/mol. The van der Waals surface area contributed by atoms with Gasteiger partial charge in [-0.2, -0.15) is 13.2 Å². The maximum atomic E-state index is 13.7. The Morgan fingerprint density at radius 3 is 2.33 bits per heavy atom. The van der Waals surface area contributed by atoms with E-state index in [1.54, 1.807) is 13.8 Å². The summed E-state index contributed by atoms with van der Waals surface area (Å²) in [6, 6.07) is -0.213. The second kappa shape index (κ2) is 10.7. The smallest absolute Gasteiger partial charge is 0.474 e. The first kappa shape index (κ1) is 27.8. The van der Waals surface area contributed by atoms with Crippen molar-refractivity contribution in [3.8, 4) is 5.88 Å². The zero-order valence-corrected chi connectivity index (χ0v) is 20.1. The van der Waals surface area contributed by atoms with Crippen LogP contribution < -0.4 is 10.1 Å². The van der Waals surface area contributed by atoms with Gasteiger partial charge in [-0.1, -0.05) is 0 Å². The molecule has 200 valence electrons. The van der Waals surface area contributed by atoms with Crippen LogP contribution in [0, 0.1) is 0 Å². The average Bonchev–Trinajstić information content (AvgIpc) is 3.17. The van der Waals surface area contributed by atoms with Gasteiger partial charge in [0.25, 0.3) is 5.91 Å². The van der Waals surface area contributed by atoms with Gasteiger partial charge in [0.05, 0.1) is 28.0 Å². The van der Waals surface area contributed by atoms with Crippen LogP contribution in [0.3, 0.4) is 0 Å². The summed E-state index contributed by atoms with van der Waals surface area (Å²) in [4.78, 5) is 30.0. The van der Waals surface area contributed by atoms with Crippen LogP contribution in [-0.2, 0) is 15.7 Å². The Morgan fingerprint density at radius 1 is 1.14 bits per heavy atom. The Bertz CT molecular complexity index is 1090. The quantitative estimate of drug-likeness (QED) is 0.409. The van der Waals surface area contributed by atoms with Crippen LogP contribution in [0.5, 0.6) is 5.88 Å². The van der Waals surface area contributed by atoms with Crippen molar-refractivity contribution in [2.75, 3.05) is 20.3 Å². The lowest BCUT2D eigenvalue weighted by Crippen LogP contribution is -2.52. The molecule has 1 aliphatic rings. The molecule has 1 N–H and O–H groups in total. The van der Waals surface area contributed by atoms with Gasteiger partial charge in [-0.15, -0.1) is 24.5 Å². The molecule has 2 aromatic heterocycles. The van der Waals surface area contributed by atoms with Gasteiger partial charge in [-0.25, -0.2) is 9.78 Å². The van der Waals surface area contributed by atoms with E-state index in [2.05, 4.69) is 15.0 Å². The minimum absolute atomic E-state index is 0.0118. The molecule has 0 saturated carbocycles. The fraction of sp³-hybridized carbons (Fsp3) is 0.571. The van der Waals surface area contributed by atoms with E-state index in [-0.39, 0.29) is 34.5 Å². The summed E-state index contributed by atoms with van der Waals surface area (Å²) in [6.45, 7) is 1.85. The fourth-order valence-corrected chi connectivity index (χ4v) is 5.08. The molecule has 15 heteroatoms. The van der Waals surface area contributed by atoms with Crippen LogP contribution in [0.25, 0.3) is 10.2 Å². The number of carbonyl (C=O) groups is 2. The molecule has 0 spiro atoms. The van der Waals surface area contributed by atoms with Crippen molar-refractivity contribution >= 4 is 33.6 Å². The van der Waals surface area contributed by atoms with Gasteiger partial charge in [-0.3, -0.25) is 9.53 Å². The number of halogens is 6. The fourth-order valence-electron chi connectivity index (χ4n) is 4.06. The molecule has 2 unspecified atom stereocenters. The highest BCUT2D eigenvalue weighted by atomic mass is 32.1. The number of piperidine rings is 1. The number of fused-ring (bicyclic) bond motifs is 1. The largest absolute Gasteiger partial charge is 0.522 e. The van der Waals surface area contributed by atoms with Crippen LogP contribution in [0.2, 0.25) is 0 Å². The Kier molecular flexibility index (Phi) is 8.23. The molecule has 0 aromatic carbocycles. The van der Waals surface area contributed by atoms with E-state index in [9.17, 15) is 35.9 Å². The van der Waals surface area contributed by atoms with Gasteiger partial charge in [-0.05, 0) is 13.8 Å². The zero-order chi connectivity index (χ0) is 26.8. The summed E-state index contributed by atoms with van der Waals surface area (Å²) in [5.41, 5.74) is -1.12. The van der Waals surface area contributed by atoms with Crippen molar-refractivity contribution in [1.82, 2.24) is 15.2 Å². The number of nitrogens with one attached hydrogen (secondary N) is 1. The van der Waals surface area contributed by atoms with E-state index in [0.717, 1.165) is 17.4 Å². The molecule has 2 atom stereocenters. The third-order valence-electron chi connectivity index (χ3n) is 5.51. The normalized spacial score (nSPS) is 20.9. The van der Waals surface area contributed by atoms with Crippen LogP contribution in [0.15, 0.2) is 11.4 Å². The molecule has 36 heavy (non-hydrogen) atoms. The van der Waals surface area contributed by atoms with Gasteiger partial charge in [0.1, 0.15) is 12.7 Å². The number of likely N-dealkylation sites (tertiary alicyclic amines) is 1.